The molecule has 2 N–H and O–H groups in total. The number of ether oxygens (including phenoxy) is 6. The van der Waals surface area contributed by atoms with Gasteiger partial charge in [-0.1, -0.05) is 6.07 Å². The molecule has 36 heavy (non-hydrogen) atoms. The van der Waals surface area contributed by atoms with Crippen LogP contribution in [-0.2, 0) is 14.2 Å². The Morgan fingerprint density at radius 2 is 1.89 bits per heavy atom. The molecule has 5 rings (SSSR count). The van der Waals surface area contributed by atoms with Gasteiger partial charge in [-0.25, -0.2) is 0 Å². The fourth-order valence-electron chi connectivity index (χ4n) is 4.94. The molecule has 9 nitrogen and oxygen atoms in total. The van der Waals surface area contributed by atoms with Crippen LogP contribution >= 0.6 is 0 Å². The van der Waals surface area contributed by atoms with Crippen LogP contribution in [0, 0.1) is 0 Å². The van der Waals surface area contributed by atoms with Crippen molar-refractivity contribution in [2.24, 2.45) is 0 Å². The Bertz CT molecular complexity index is 1100. The standard InChI is InChI=1S/C27H32O9/c1-15-5-3-7-25(33-15)36-22-6-4-10-32-27(22)34-17-12-19(29)26-20(30)14-23(35-24(26)13-17)16-8-9-21(31-2)18(28)11-16/h8-9,11-13,15,22-23,25,27-29H,3-7,10,14H2,1-2H3. The normalized spacial score (nSPS) is 28.2. The number of carbonyl (C=O) groups is 1. The molecule has 194 valence electrons. The van der Waals surface area contributed by atoms with Crippen LogP contribution in [0.25, 0.3) is 0 Å². The first-order chi connectivity index (χ1) is 17.4. The average molecular weight is 501 g/mol. The molecule has 5 unspecified atom stereocenters. The van der Waals surface area contributed by atoms with E-state index in [-0.39, 0.29) is 53.5 Å². The van der Waals surface area contributed by atoms with E-state index in [4.69, 9.17) is 28.4 Å². The Morgan fingerprint density at radius 1 is 1.03 bits per heavy atom. The van der Waals surface area contributed by atoms with Crippen LogP contribution in [0.15, 0.2) is 30.3 Å². The molecule has 3 aliphatic rings. The van der Waals surface area contributed by atoms with Gasteiger partial charge in [0.15, 0.2) is 23.6 Å². The topological polar surface area (TPSA) is 113 Å². The third-order valence-electron chi connectivity index (χ3n) is 6.78. The van der Waals surface area contributed by atoms with E-state index in [1.165, 1.54) is 19.2 Å². The summed E-state index contributed by atoms with van der Waals surface area (Å²) in [5, 5.41) is 20.8. The Morgan fingerprint density at radius 3 is 2.67 bits per heavy atom. The second-order valence-electron chi connectivity index (χ2n) is 9.46. The summed E-state index contributed by atoms with van der Waals surface area (Å²) in [5.41, 5.74) is 0.724. The highest BCUT2D eigenvalue weighted by Crippen LogP contribution is 2.43. The van der Waals surface area contributed by atoms with Gasteiger partial charge in [0.05, 0.1) is 26.2 Å². The zero-order valence-electron chi connectivity index (χ0n) is 20.5. The van der Waals surface area contributed by atoms with Gasteiger partial charge in [-0.2, -0.15) is 0 Å². The molecule has 2 saturated heterocycles. The number of fused-ring (bicyclic) bond motifs is 1. The van der Waals surface area contributed by atoms with Crippen LogP contribution in [-0.4, -0.2) is 54.5 Å². The Hall–Kier alpha value is -3.01. The van der Waals surface area contributed by atoms with E-state index < -0.39 is 12.4 Å². The molecule has 0 bridgehead atoms. The van der Waals surface area contributed by atoms with Gasteiger partial charge in [0, 0.05) is 12.1 Å². The highest BCUT2D eigenvalue weighted by molar-refractivity contribution is 6.02. The zero-order valence-corrected chi connectivity index (χ0v) is 20.5. The maximum absolute atomic E-state index is 12.9. The first-order valence-corrected chi connectivity index (χ1v) is 12.4. The summed E-state index contributed by atoms with van der Waals surface area (Å²) in [6.07, 6.45) is 2.71. The number of phenols is 2. The lowest BCUT2D eigenvalue weighted by atomic mass is 9.95. The molecule has 3 aliphatic heterocycles. The molecule has 0 aliphatic carbocycles. The number of phenolic OH excluding ortho intramolecular Hbond substituents is 2. The van der Waals surface area contributed by atoms with E-state index in [0.29, 0.717) is 23.7 Å². The molecule has 2 fully saturated rings. The molecule has 0 saturated carbocycles. The van der Waals surface area contributed by atoms with E-state index in [1.54, 1.807) is 18.2 Å². The van der Waals surface area contributed by atoms with Crippen molar-refractivity contribution in [3.8, 4) is 28.7 Å². The van der Waals surface area contributed by atoms with Crippen molar-refractivity contribution in [2.45, 2.75) is 76.3 Å². The summed E-state index contributed by atoms with van der Waals surface area (Å²) in [5.74, 6) is 0.302. The minimum absolute atomic E-state index is 0.0218. The molecule has 0 spiro atoms. The fourth-order valence-corrected chi connectivity index (χ4v) is 4.94. The molecular formula is C27H32O9. The molecule has 0 radical (unpaired) electrons. The average Bonchev–Trinajstić information content (AvgIpc) is 2.85. The SMILES string of the molecule is COc1ccc(C2CC(=O)c3c(O)cc(OC4OCCCC4OC4CCCC(C)O4)cc3O2)cc1O. The van der Waals surface area contributed by atoms with Crippen molar-refractivity contribution in [2.75, 3.05) is 13.7 Å². The number of hydrogen-bond acceptors (Lipinski definition) is 9. The van der Waals surface area contributed by atoms with Gasteiger partial charge < -0.3 is 38.6 Å². The van der Waals surface area contributed by atoms with Gasteiger partial charge in [0.1, 0.15) is 35.0 Å². The second kappa shape index (κ2) is 10.5. The van der Waals surface area contributed by atoms with Crippen LogP contribution in [0.4, 0.5) is 0 Å². The summed E-state index contributed by atoms with van der Waals surface area (Å²) in [4.78, 5) is 12.9. The van der Waals surface area contributed by atoms with Crippen LogP contribution in [0.1, 0.15) is 67.5 Å². The molecule has 2 aromatic carbocycles. The maximum atomic E-state index is 12.9. The van der Waals surface area contributed by atoms with Crippen LogP contribution in [0.2, 0.25) is 0 Å². The summed E-state index contributed by atoms with van der Waals surface area (Å²) >= 11 is 0. The van der Waals surface area contributed by atoms with Crippen molar-refractivity contribution in [1.29, 1.82) is 0 Å². The number of rotatable bonds is 6. The zero-order chi connectivity index (χ0) is 25.2. The first kappa shape index (κ1) is 24.7. The summed E-state index contributed by atoms with van der Waals surface area (Å²) in [6.45, 7) is 2.57. The number of ketones is 1. The first-order valence-electron chi connectivity index (χ1n) is 12.4. The summed E-state index contributed by atoms with van der Waals surface area (Å²) < 4.78 is 35.2. The van der Waals surface area contributed by atoms with Gasteiger partial charge in [-0.15, -0.1) is 0 Å². The van der Waals surface area contributed by atoms with E-state index in [2.05, 4.69) is 0 Å². The van der Waals surface area contributed by atoms with Crippen molar-refractivity contribution in [1.82, 2.24) is 0 Å². The van der Waals surface area contributed by atoms with E-state index in [0.717, 1.165) is 32.1 Å². The fraction of sp³-hybridized carbons (Fsp3) is 0.519. The third kappa shape index (κ3) is 5.23. The lowest BCUT2D eigenvalue weighted by Crippen LogP contribution is -2.44. The number of carbonyl (C=O) groups excluding carboxylic acids is 1. The quantitative estimate of drug-likeness (QED) is 0.586. The third-order valence-corrected chi connectivity index (χ3v) is 6.78. The van der Waals surface area contributed by atoms with Crippen molar-refractivity contribution >= 4 is 5.78 Å². The summed E-state index contributed by atoms with van der Waals surface area (Å²) in [7, 11) is 1.46. The minimum atomic E-state index is -0.689. The molecule has 0 amide bonds. The van der Waals surface area contributed by atoms with Crippen LogP contribution < -0.4 is 14.2 Å². The maximum Gasteiger partial charge on any atom is 0.226 e. The minimum Gasteiger partial charge on any atom is -0.507 e. The number of methoxy groups -OCH3 is 1. The van der Waals surface area contributed by atoms with Gasteiger partial charge in [-0.3, -0.25) is 4.79 Å². The molecule has 5 atom stereocenters. The molecule has 3 heterocycles. The number of Topliss-reactive ketones (excluding diaryl/α,β-unsaturated/α-hetero) is 1. The Labute approximate surface area is 209 Å². The largest absolute Gasteiger partial charge is 0.507 e. The number of benzene rings is 2. The molecule has 0 aromatic heterocycles. The smallest absolute Gasteiger partial charge is 0.226 e. The van der Waals surface area contributed by atoms with Gasteiger partial charge in [-0.05, 0) is 56.7 Å². The van der Waals surface area contributed by atoms with Gasteiger partial charge in [0.25, 0.3) is 0 Å². The van der Waals surface area contributed by atoms with Crippen molar-refractivity contribution in [3.63, 3.8) is 0 Å². The summed E-state index contributed by atoms with van der Waals surface area (Å²) in [6, 6.07) is 7.83. The van der Waals surface area contributed by atoms with Gasteiger partial charge >= 0.3 is 0 Å². The van der Waals surface area contributed by atoms with E-state index in [9.17, 15) is 15.0 Å². The lowest BCUT2D eigenvalue weighted by Gasteiger charge is -2.36. The lowest BCUT2D eigenvalue weighted by molar-refractivity contribution is -0.267. The predicted octanol–water partition coefficient (Wildman–Crippen LogP) is 4.63. The highest BCUT2D eigenvalue weighted by Gasteiger charge is 2.35. The number of aromatic hydroxyl groups is 2. The van der Waals surface area contributed by atoms with Crippen molar-refractivity contribution < 1.29 is 43.4 Å². The van der Waals surface area contributed by atoms with E-state index in [1.807, 2.05) is 6.92 Å². The Balaban J connectivity index is 1.34. The van der Waals surface area contributed by atoms with Crippen LogP contribution in [0.5, 0.6) is 28.7 Å². The Kier molecular flexibility index (Phi) is 7.22. The van der Waals surface area contributed by atoms with E-state index >= 15 is 0 Å². The van der Waals surface area contributed by atoms with Crippen molar-refractivity contribution in [3.05, 3.63) is 41.5 Å². The molecular weight excluding hydrogens is 468 g/mol. The second-order valence-corrected chi connectivity index (χ2v) is 9.46. The monoisotopic (exact) mass is 500 g/mol. The highest BCUT2D eigenvalue weighted by atomic mass is 16.7. The number of hydrogen-bond donors (Lipinski definition) is 2. The molecule has 9 heteroatoms. The van der Waals surface area contributed by atoms with Gasteiger partial charge in [0.2, 0.25) is 6.29 Å². The molecule has 2 aromatic rings. The predicted molar refractivity (Wildman–Crippen MR) is 128 cm³/mol. The van der Waals surface area contributed by atoms with Crippen LogP contribution in [0.3, 0.4) is 0 Å².